The van der Waals surface area contributed by atoms with E-state index in [9.17, 15) is 13.2 Å². The number of rotatable bonds is 2. The van der Waals surface area contributed by atoms with Gasteiger partial charge < -0.3 is 0 Å². The van der Waals surface area contributed by atoms with Crippen LogP contribution in [0.3, 0.4) is 0 Å². The zero-order valence-corrected chi connectivity index (χ0v) is 5.50. The van der Waals surface area contributed by atoms with Gasteiger partial charge in [-0.2, -0.15) is 18.4 Å². The molecule has 1 aliphatic carbocycles. The molecule has 1 aliphatic rings. The van der Waals surface area contributed by atoms with Gasteiger partial charge >= 0.3 is 6.18 Å². The topological polar surface area (TPSA) is 23.8 Å². The molecule has 0 bridgehead atoms. The zero-order chi connectivity index (χ0) is 12.1. The minimum absolute atomic E-state index is 0.468. The quantitative estimate of drug-likeness (QED) is 0.620. The Balaban J connectivity index is 3.14. The van der Waals surface area contributed by atoms with E-state index in [0.717, 1.165) is 6.07 Å². The smallest absolute Gasteiger partial charge is 0.198 e. The maximum atomic E-state index is 12.5. The fourth-order valence-corrected chi connectivity index (χ4v) is 0.752. The van der Waals surface area contributed by atoms with Crippen molar-refractivity contribution in [1.82, 2.24) is 0 Å². The summed E-state index contributed by atoms with van der Waals surface area (Å²) in [6, 6.07) is 0.958. The predicted molar refractivity (Wildman–Crippen MR) is 32.6 cm³/mol. The Morgan fingerprint density at radius 3 is 2.36 bits per heavy atom. The van der Waals surface area contributed by atoms with Gasteiger partial charge in [-0.25, -0.2) is 0 Å². The number of nitrogens with zero attached hydrogens (tertiary/aromatic N) is 1. The predicted octanol–water partition coefficient (Wildman–Crippen LogP) is 2.63. The van der Waals surface area contributed by atoms with Gasteiger partial charge in [0.25, 0.3) is 0 Å². The normalized spacial score (nSPS) is 28.9. The van der Waals surface area contributed by atoms with Crippen LogP contribution in [0.25, 0.3) is 0 Å². The van der Waals surface area contributed by atoms with Crippen molar-refractivity contribution >= 4 is 0 Å². The average Bonchev–Trinajstić information content (AvgIpc) is 2.81. The standard InChI is InChI=1S/C7H8F3N/c8-7(9,10)6(3-4-6)2-1-5-11/h1-4H2/i1D2,2D2. The largest absolute Gasteiger partial charge is 0.394 e. The van der Waals surface area contributed by atoms with Gasteiger partial charge in [-0.05, 0) is 19.2 Å². The molecule has 0 amide bonds. The molecule has 0 heterocycles. The molecule has 0 aromatic carbocycles. The van der Waals surface area contributed by atoms with Crippen molar-refractivity contribution in [3.63, 3.8) is 0 Å². The molecule has 0 atom stereocenters. The van der Waals surface area contributed by atoms with Gasteiger partial charge in [0, 0.05) is 11.9 Å². The summed E-state index contributed by atoms with van der Waals surface area (Å²) < 4.78 is 66.0. The lowest BCUT2D eigenvalue weighted by molar-refractivity contribution is -0.188. The van der Waals surface area contributed by atoms with Gasteiger partial charge in [0.2, 0.25) is 0 Å². The van der Waals surface area contributed by atoms with Crippen molar-refractivity contribution in [2.45, 2.75) is 31.8 Å². The minimum Gasteiger partial charge on any atom is -0.198 e. The van der Waals surface area contributed by atoms with Gasteiger partial charge in [0.1, 0.15) is 0 Å². The van der Waals surface area contributed by atoms with Gasteiger partial charge in [-0.15, -0.1) is 0 Å². The van der Waals surface area contributed by atoms with Crippen molar-refractivity contribution in [3.05, 3.63) is 0 Å². The van der Waals surface area contributed by atoms with E-state index in [1.807, 2.05) is 0 Å². The van der Waals surface area contributed by atoms with Gasteiger partial charge in [0.15, 0.2) is 0 Å². The maximum absolute atomic E-state index is 12.5. The van der Waals surface area contributed by atoms with E-state index in [2.05, 4.69) is 0 Å². The van der Waals surface area contributed by atoms with E-state index in [1.165, 1.54) is 0 Å². The first-order chi connectivity index (χ1) is 6.52. The van der Waals surface area contributed by atoms with Gasteiger partial charge in [-0.1, -0.05) is 0 Å². The Morgan fingerprint density at radius 2 is 2.09 bits per heavy atom. The third kappa shape index (κ3) is 1.47. The second kappa shape index (κ2) is 2.40. The van der Waals surface area contributed by atoms with Crippen LogP contribution in [0.5, 0.6) is 0 Å². The number of halogens is 3. The lowest BCUT2D eigenvalue weighted by Crippen LogP contribution is -2.24. The number of nitriles is 1. The monoisotopic (exact) mass is 167 g/mol. The summed E-state index contributed by atoms with van der Waals surface area (Å²) in [6.07, 6.45) is -12.1. The highest BCUT2D eigenvalue weighted by atomic mass is 19.4. The van der Waals surface area contributed by atoms with E-state index < -0.39 is 37.2 Å². The first-order valence-electron chi connectivity index (χ1n) is 5.00. The molecular formula is C7H8F3N. The molecule has 0 saturated heterocycles. The molecule has 0 radical (unpaired) electrons. The van der Waals surface area contributed by atoms with Crippen molar-refractivity contribution < 1.29 is 18.7 Å². The van der Waals surface area contributed by atoms with Crippen LogP contribution in [0.15, 0.2) is 0 Å². The van der Waals surface area contributed by atoms with E-state index in [-0.39, 0.29) is 0 Å². The third-order valence-electron chi connectivity index (χ3n) is 1.65. The van der Waals surface area contributed by atoms with Crippen LogP contribution >= 0.6 is 0 Å². The first-order valence-corrected chi connectivity index (χ1v) is 3.00. The maximum Gasteiger partial charge on any atom is 0.394 e. The fraction of sp³-hybridized carbons (Fsp3) is 0.857. The molecule has 62 valence electrons. The van der Waals surface area contributed by atoms with Crippen LogP contribution in [0.4, 0.5) is 13.2 Å². The van der Waals surface area contributed by atoms with Crippen LogP contribution in [0, 0.1) is 16.7 Å². The molecular weight excluding hydrogens is 155 g/mol. The molecule has 0 aromatic heterocycles. The molecule has 1 rings (SSSR count). The van der Waals surface area contributed by atoms with E-state index >= 15 is 0 Å². The van der Waals surface area contributed by atoms with Gasteiger partial charge in [0.05, 0.1) is 11.5 Å². The average molecular weight is 167 g/mol. The molecule has 0 aromatic rings. The summed E-state index contributed by atoms with van der Waals surface area (Å²) in [5, 5.41) is 8.35. The molecule has 1 saturated carbocycles. The molecule has 0 spiro atoms. The zero-order valence-electron chi connectivity index (χ0n) is 9.50. The second-order valence-electron chi connectivity index (χ2n) is 2.44. The summed E-state index contributed by atoms with van der Waals surface area (Å²) in [5.41, 5.74) is -2.70. The lowest BCUT2D eigenvalue weighted by atomic mass is 10.0. The summed E-state index contributed by atoms with van der Waals surface area (Å²) in [5.74, 6) is 0. The minimum atomic E-state index is -4.82. The van der Waals surface area contributed by atoms with Crippen molar-refractivity contribution in [3.8, 4) is 6.07 Å². The van der Waals surface area contributed by atoms with Crippen molar-refractivity contribution in [2.24, 2.45) is 5.41 Å². The summed E-state index contributed by atoms with van der Waals surface area (Å²) in [6.45, 7) is 0. The van der Waals surface area contributed by atoms with Crippen LogP contribution < -0.4 is 0 Å². The SMILES string of the molecule is [2H]C([2H])(C#N)C([2H])([2H])C1(C(F)(F)F)CC1. The molecule has 1 nitrogen and oxygen atoms in total. The summed E-state index contributed by atoms with van der Waals surface area (Å²) in [7, 11) is 0. The molecule has 0 unspecified atom stereocenters. The van der Waals surface area contributed by atoms with E-state index in [1.54, 1.807) is 0 Å². The number of hydrogen-bond donors (Lipinski definition) is 0. The first kappa shape index (κ1) is 4.34. The van der Waals surface area contributed by atoms with E-state index in [0.29, 0.717) is 0 Å². The van der Waals surface area contributed by atoms with Crippen LogP contribution in [-0.2, 0) is 0 Å². The molecule has 11 heavy (non-hydrogen) atoms. The Kier molecular flexibility index (Phi) is 0.947. The van der Waals surface area contributed by atoms with Gasteiger partial charge in [-0.3, -0.25) is 0 Å². The van der Waals surface area contributed by atoms with Crippen molar-refractivity contribution in [2.75, 3.05) is 0 Å². The fourth-order valence-electron chi connectivity index (χ4n) is 0.752. The molecule has 0 aliphatic heterocycles. The Bertz CT molecular complexity index is 313. The Labute approximate surface area is 68.4 Å². The summed E-state index contributed by atoms with van der Waals surface area (Å²) >= 11 is 0. The van der Waals surface area contributed by atoms with Crippen LogP contribution in [-0.4, -0.2) is 6.18 Å². The molecule has 0 N–H and O–H groups in total. The summed E-state index contributed by atoms with van der Waals surface area (Å²) in [4.78, 5) is 0. The second-order valence-corrected chi connectivity index (χ2v) is 2.44. The third-order valence-corrected chi connectivity index (χ3v) is 1.65. The van der Waals surface area contributed by atoms with E-state index in [4.69, 9.17) is 10.7 Å². The Morgan fingerprint density at radius 1 is 1.55 bits per heavy atom. The molecule has 1 fully saturated rings. The highest BCUT2D eigenvalue weighted by Gasteiger charge is 2.62. The van der Waals surface area contributed by atoms with Crippen molar-refractivity contribution in [1.29, 1.82) is 5.26 Å². The van der Waals surface area contributed by atoms with Crippen LogP contribution in [0.1, 0.15) is 31.1 Å². The number of alkyl halides is 3. The highest BCUT2D eigenvalue weighted by Crippen LogP contribution is 2.60. The highest BCUT2D eigenvalue weighted by molar-refractivity contribution is 5.00. The lowest BCUT2D eigenvalue weighted by Gasteiger charge is -2.16. The Hall–Kier alpha value is -0.720. The van der Waals surface area contributed by atoms with Crippen LogP contribution in [0.2, 0.25) is 0 Å². The molecule has 4 heteroatoms. The number of hydrogen-bond acceptors (Lipinski definition) is 1.